The number of rotatable bonds is 4. The van der Waals surface area contributed by atoms with Gasteiger partial charge in [0.1, 0.15) is 0 Å². The maximum absolute atomic E-state index is 14.2. The van der Waals surface area contributed by atoms with Gasteiger partial charge in [0.15, 0.2) is 0 Å². The van der Waals surface area contributed by atoms with Crippen molar-refractivity contribution >= 4 is 23.6 Å². The van der Waals surface area contributed by atoms with Crippen LogP contribution in [0.1, 0.15) is 65.7 Å². The molecule has 3 aliphatic rings. The molecule has 1 aliphatic carbocycles. The Hall–Kier alpha value is -4.07. The molecule has 8 heteroatoms. The summed E-state index contributed by atoms with van der Waals surface area (Å²) in [6.45, 7) is 0.635. The van der Waals surface area contributed by atoms with Crippen molar-refractivity contribution in [3.05, 3.63) is 89.7 Å². The molecule has 8 nitrogen and oxygen atoms in total. The van der Waals surface area contributed by atoms with E-state index in [4.69, 9.17) is 0 Å². The SMILES string of the molecule is O=C(N[C@@H]1CCCC[C@@H]1C(=O)N1CCC2C(c3ccn(C(=O)O)c3)Nc3ccccc3C21)c1ccccc1. The third kappa shape index (κ3) is 4.34. The lowest BCUT2D eigenvalue weighted by molar-refractivity contribution is -0.138. The van der Waals surface area contributed by atoms with Gasteiger partial charge in [0.05, 0.1) is 18.0 Å². The summed E-state index contributed by atoms with van der Waals surface area (Å²) >= 11 is 0. The van der Waals surface area contributed by atoms with Crippen LogP contribution in [0.25, 0.3) is 0 Å². The molecule has 1 saturated heterocycles. The number of carbonyl (C=O) groups excluding carboxylic acids is 2. The normalized spacial score (nSPS) is 26.1. The fourth-order valence-electron chi connectivity index (χ4n) is 6.67. The summed E-state index contributed by atoms with van der Waals surface area (Å²) in [4.78, 5) is 40.7. The monoisotopic (exact) mass is 512 g/mol. The highest BCUT2D eigenvalue weighted by Crippen LogP contribution is 2.51. The van der Waals surface area contributed by atoms with Crippen LogP contribution in [0.4, 0.5) is 10.5 Å². The van der Waals surface area contributed by atoms with Crippen molar-refractivity contribution in [1.82, 2.24) is 14.8 Å². The maximum Gasteiger partial charge on any atom is 0.415 e. The smallest absolute Gasteiger partial charge is 0.415 e. The van der Waals surface area contributed by atoms with E-state index >= 15 is 0 Å². The molecule has 3 N–H and O–H groups in total. The number of nitrogens with one attached hydrogen (secondary N) is 2. The Morgan fingerprint density at radius 2 is 1.68 bits per heavy atom. The number of fused-ring (bicyclic) bond motifs is 3. The van der Waals surface area contributed by atoms with Crippen LogP contribution < -0.4 is 10.6 Å². The minimum absolute atomic E-state index is 0.103. The Balaban J connectivity index is 1.28. The molecule has 3 unspecified atom stereocenters. The molecular formula is C30H32N4O4. The standard InChI is InChI=1S/C30H32N4O4/c35-28(19-8-2-1-3-9-19)32-25-13-7-5-11-22(25)29(36)34-17-15-23-26(20-14-16-33(18-20)30(37)38)31-24-12-6-4-10-21(24)27(23)34/h1-4,6,8-10,12,14,16,18,22-23,25-27,31H,5,7,11,13,15,17H2,(H,32,35)(H,37,38)/t22-,23?,25+,26?,27?/m0/s1. The second-order valence-electron chi connectivity index (χ2n) is 10.6. The van der Waals surface area contributed by atoms with Gasteiger partial charge >= 0.3 is 6.09 Å². The lowest BCUT2D eigenvalue weighted by Gasteiger charge is -2.41. The van der Waals surface area contributed by atoms with Crippen molar-refractivity contribution in [2.24, 2.45) is 11.8 Å². The zero-order chi connectivity index (χ0) is 26.2. The lowest BCUT2D eigenvalue weighted by atomic mass is 9.79. The molecule has 196 valence electrons. The first kappa shape index (κ1) is 24.3. The molecular weight excluding hydrogens is 480 g/mol. The van der Waals surface area contributed by atoms with E-state index in [1.54, 1.807) is 24.5 Å². The van der Waals surface area contributed by atoms with Crippen LogP contribution in [-0.4, -0.2) is 45.1 Å². The van der Waals surface area contributed by atoms with Gasteiger partial charge in [0, 0.05) is 42.1 Å². The molecule has 2 aliphatic heterocycles. The highest BCUT2D eigenvalue weighted by Gasteiger charge is 2.48. The molecule has 1 aromatic heterocycles. The highest BCUT2D eigenvalue weighted by atomic mass is 16.4. The Labute approximate surface area is 221 Å². The van der Waals surface area contributed by atoms with Crippen LogP contribution in [0.15, 0.2) is 73.1 Å². The molecule has 3 heterocycles. The van der Waals surface area contributed by atoms with E-state index in [0.29, 0.717) is 12.1 Å². The number of carbonyl (C=O) groups is 3. The molecule has 3 aromatic rings. The number of hydrogen-bond donors (Lipinski definition) is 3. The summed E-state index contributed by atoms with van der Waals surface area (Å²) < 4.78 is 1.17. The highest BCUT2D eigenvalue weighted by molar-refractivity contribution is 5.95. The van der Waals surface area contributed by atoms with Crippen molar-refractivity contribution in [1.29, 1.82) is 0 Å². The van der Waals surface area contributed by atoms with Gasteiger partial charge < -0.3 is 20.6 Å². The average molecular weight is 513 g/mol. The van der Waals surface area contributed by atoms with Gasteiger partial charge in [-0.25, -0.2) is 4.79 Å². The van der Waals surface area contributed by atoms with Crippen molar-refractivity contribution in [3.63, 3.8) is 0 Å². The van der Waals surface area contributed by atoms with E-state index in [9.17, 15) is 19.5 Å². The van der Waals surface area contributed by atoms with Gasteiger partial charge in [-0.1, -0.05) is 49.2 Å². The van der Waals surface area contributed by atoms with Gasteiger partial charge in [0.25, 0.3) is 5.91 Å². The number of likely N-dealkylation sites (tertiary alicyclic amines) is 1. The van der Waals surface area contributed by atoms with Gasteiger partial charge in [0.2, 0.25) is 5.91 Å². The van der Waals surface area contributed by atoms with Gasteiger partial charge in [-0.05, 0) is 54.7 Å². The first-order chi connectivity index (χ1) is 18.5. The van der Waals surface area contributed by atoms with E-state index in [1.165, 1.54) is 4.57 Å². The fraction of sp³-hybridized carbons (Fsp3) is 0.367. The second-order valence-corrected chi connectivity index (χ2v) is 10.6. The number of benzene rings is 2. The van der Waals surface area contributed by atoms with Crippen LogP contribution in [0.2, 0.25) is 0 Å². The number of anilines is 1. The summed E-state index contributed by atoms with van der Waals surface area (Å²) in [5.41, 5.74) is 3.57. The molecule has 0 radical (unpaired) electrons. The zero-order valence-corrected chi connectivity index (χ0v) is 21.1. The van der Waals surface area contributed by atoms with E-state index in [1.807, 2.05) is 47.4 Å². The third-order valence-corrected chi connectivity index (χ3v) is 8.48. The average Bonchev–Trinajstić information content (AvgIpc) is 3.62. The molecule has 5 atom stereocenters. The predicted molar refractivity (Wildman–Crippen MR) is 143 cm³/mol. The number of para-hydroxylation sites is 1. The Morgan fingerprint density at radius 1 is 0.921 bits per heavy atom. The first-order valence-corrected chi connectivity index (χ1v) is 13.4. The molecule has 6 rings (SSSR count). The van der Waals surface area contributed by atoms with Gasteiger partial charge in [-0.2, -0.15) is 0 Å². The summed E-state index contributed by atoms with van der Waals surface area (Å²) in [5, 5.41) is 16.2. The molecule has 0 bridgehead atoms. The summed E-state index contributed by atoms with van der Waals surface area (Å²) in [6, 6.07) is 18.7. The van der Waals surface area contributed by atoms with E-state index in [0.717, 1.165) is 48.9 Å². The van der Waals surface area contributed by atoms with Crippen LogP contribution in [-0.2, 0) is 4.79 Å². The summed E-state index contributed by atoms with van der Waals surface area (Å²) in [7, 11) is 0. The van der Waals surface area contributed by atoms with E-state index in [2.05, 4.69) is 16.7 Å². The summed E-state index contributed by atoms with van der Waals surface area (Å²) in [6.07, 6.45) is 6.53. The number of amides is 2. The van der Waals surface area contributed by atoms with Crippen LogP contribution in [0, 0.1) is 11.8 Å². The fourth-order valence-corrected chi connectivity index (χ4v) is 6.67. The molecule has 0 spiro atoms. The number of nitrogens with zero attached hydrogens (tertiary/aromatic N) is 2. The summed E-state index contributed by atoms with van der Waals surface area (Å²) in [5.74, 6) is -0.179. The van der Waals surface area contributed by atoms with E-state index < -0.39 is 6.09 Å². The topological polar surface area (TPSA) is 104 Å². The zero-order valence-electron chi connectivity index (χ0n) is 21.1. The van der Waals surface area contributed by atoms with Crippen molar-refractivity contribution in [2.45, 2.75) is 50.2 Å². The molecule has 2 amide bonds. The van der Waals surface area contributed by atoms with Gasteiger partial charge in [-0.15, -0.1) is 0 Å². The third-order valence-electron chi connectivity index (χ3n) is 8.48. The van der Waals surface area contributed by atoms with Crippen LogP contribution in [0.5, 0.6) is 0 Å². The predicted octanol–water partition coefficient (Wildman–Crippen LogP) is 5.06. The quantitative estimate of drug-likeness (QED) is 0.453. The van der Waals surface area contributed by atoms with Crippen LogP contribution in [0.3, 0.4) is 0 Å². The number of carboxylic acid groups (broad SMARTS) is 1. The Kier molecular flexibility index (Phi) is 6.39. The Morgan fingerprint density at radius 3 is 2.47 bits per heavy atom. The number of aromatic nitrogens is 1. The van der Waals surface area contributed by atoms with Crippen molar-refractivity contribution in [2.75, 3.05) is 11.9 Å². The van der Waals surface area contributed by atoms with Gasteiger partial charge in [-0.3, -0.25) is 14.2 Å². The number of hydrogen-bond acceptors (Lipinski definition) is 4. The molecule has 38 heavy (non-hydrogen) atoms. The molecule has 2 aromatic carbocycles. The van der Waals surface area contributed by atoms with E-state index in [-0.39, 0.29) is 41.8 Å². The largest absolute Gasteiger partial charge is 0.464 e. The molecule has 1 saturated carbocycles. The van der Waals surface area contributed by atoms with Crippen molar-refractivity contribution in [3.8, 4) is 0 Å². The first-order valence-electron chi connectivity index (χ1n) is 13.4. The molecule has 2 fully saturated rings. The lowest BCUT2D eigenvalue weighted by Crippen LogP contribution is -2.50. The maximum atomic E-state index is 14.2. The minimum Gasteiger partial charge on any atom is -0.464 e. The van der Waals surface area contributed by atoms with Crippen molar-refractivity contribution < 1.29 is 19.5 Å². The Bertz CT molecular complexity index is 1350. The minimum atomic E-state index is -1.02. The van der Waals surface area contributed by atoms with Crippen LogP contribution >= 0.6 is 0 Å². The second kappa shape index (κ2) is 10.0.